The van der Waals surface area contributed by atoms with Gasteiger partial charge in [0.2, 0.25) is 17.7 Å². The van der Waals surface area contributed by atoms with Crippen LogP contribution in [0.2, 0.25) is 5.02 Å². The number of nitrogens with zero attached hydrogens (tertiary/aromatic N) is 2. The van der Waals surface area contributed by atoms with Gasteiger partial charge in [-0.1, -0.05) is 65.8 Å². The Labute approximate surface area is 340 Å². The SMILES string of the molecule is CN1C(=O)[C@H](CCCCN)NC(=O)C(CCN)NCc2cccnc2Sc2c(Cl)ccc(-c3ccc(C(=O)O)cc3)c2CNC(=O)C1Cc1c[nH]c2ccccc12. The molecule has 3 heterocycles. The second kappa shape index (κ2) is 19.3. The first-order chi connectivity index (χ1) is 27.6. The molecule has 2 unspecified atom stereocenters. The Balaban J connectivity index is 1.48. The summed E-state index contributed by atoms with van der Waals surface area (Å²) in [6.07, 6.45) is 5.55. The number of H-pyrrole nitrogens is 1. The summed E-state index contributed by atoms with van der Waals surface area (Å²) in [5.41, 5.74) is 16.6. The first-order valence-electron chi connectivity index (χ1n) is 18.9. The molecule has 3 atom stereocenters. The summed E-state index contributed by atoms with van der Waals surface area (Å²) < 4.78 is 0. The lowest BCUT2D eigenvalue weighted by molar-refractivity contribution is -0.142. The first-order valence-corrected chi connectivity index (χ1v) is 20.1. The van der Waals surface area contributed by atoms with Crippen molar-refractivity contribution in [3.8, 4) is 11.1 Å². The molecule has 6 rings (SSSR count). The number of fused-ring (bicyclic) bond motifs is 3. The van der Waals surface area contributed by atoms with Gasteiger partial charge in [0.05, 0.1) is 16.6 Å². The standard InChI is InChI=1S/C42H47ClN8O5S/c1-51-36(21-28-23-47-33-9-3-2-8-30(28)33)39(53)49-24-31-29(25-11-13-26(14-12-25)42(55)56)15-16-32(43)37(31)57-40-27(7-6-20-46-40)22-48-34(17-19-45)38(52)50-35(41(51)54)10-4-5-18-44/h2-3,6-9,11-16,20,23,34-36,47-48H,4-5,10,17-19,21-22,24,44-45H2,1H3,(H,49,53)(H,50,52)(H,55,56)/t34?,35-,36?/m0/s1. The Bertz CT molecular complexity index is 2230. The Kier molecular flexibility index (Phi) is 14.0. The van der Waals surface area contributed by atoms with E-state index in [1.165, 1.54) is 28.8 Å². The average Bonchev–Trinajstić information content (AvgIpc) is 3.63. The highest BCUT2D eigenvalue weighted by Crippen LogP contribution is 2.41. The summed E-state index contributed by atoms with van der Waals surface area (Å²) in [7, 11) is 1.59. The predicted octanol–water partition coefficient (Wildman–Crippen LogP) is 4.85. The second-order valence-corrected chi connectivity index (χ2v) is 15.4. The summed E-state index contributed by atoms with van der Waals surface area (Å²) in [4.78, 5) is 64.9. The van der Waals surface area contributed by atoms with Crippen LogP contribution in [0.1, 0.15) is 52.7 Å². The van der Waals surface area contributed by atoms with Gasteiger partial charge < -0.3 is 42.4 Å². The van der Waals surface area contributed by atoms with E-state index in [9.17, 15) is 24.3 Å². The van der Waals surface area contributed by atoms with Crippen molar-refractivity contribution in [2.24, 2.45) is 11.5 Å². The molecular weight excluding hydrogens is 764 g/mol. The number of carbonyl (C=O) groups is 4. The smallest absolute Gasteiger partial charge is 0.335 e. The molecule has 3 aromatic carbocycles. The zero-order chi connectivity index (χ0) is 40.5. The number of carbonyl (C=O) groups excluding carboxylic acids is 3. The van der Waals surface area contributed by atoms with Gasteiger partial charge in [0.15, 0.2) is 0 Å². The van der Waals surface area contributed by atoms with Crippen molar-refractivity contribution in [3.05, 3.63) is 112 Å². The molecule has 2 aromatic heterocycles. The van der Waals surface area contributed by atoms with Crippen molar-refractivity contribution < 1.29 is 24.3 Å². The van der Waals surface area contributed by atoms with Crippen molar-refractivity contribution >= 4 is 58.0 Å². The van der Waals surface area contributed by atoms with Crippen molar-refractivity contribution in [1.29, 1.82) is 0 Å². The van der Waals surface area contributed by atoms with Crippen LogP contribution in [0, 0.1) is 0 Å². The molecule has 0 bridgehead atoms. The van der Waals surface area contributed by atoms with Crippen LogP contribution in [0.15, 0.2) is 95.1 Å². The van der Waals surface area contributed by atoms with Crippen molar-refractivity contribution in [3.63, 3.8) is 0 Å². The van der Waals surface area contributed by atoms with E-state index in [0.29, 0.717) is 58.3 Å². The van der Waals surface area contributed by atoms with Gasteiger partial charge in [0.1, 0.15) is 17.1 Å². The molecule has 0 radical (unpaired) electrons. The fourth-order valence-corrected chi connectivity index (χ4v) is 8.39. The van der Waals surface area contributed by atoms with Crippen LogP contribution in [0.4, 0.5) is 0 Å². The van der Waals surface area contributed by atoms with E-state index in [-0.39, 0.29) is 37.5 Å². The van der Waals surface area contributed by atoms with E-state index in [2.05, 4.69) is 20.9 Å². The number of rotatable bonds is 10. The topological polar surface area (TPSA) is 209 Å². The maximum absolute atomic E-state index is 14.6. The summed E-state index contributed by atoms with van der Waals surface area (Å²) in [6, 6.07) is 18.9. The normalized spacial score (nSPS) is 18.4. The van der Waals surface area contributed by atoms with Gasteiger partial charge in [-0.25, -0.2) is 9.78 Å². The third-order valence-corrected chi connectivity index (χ3v) is 11.9. The van der Waals surface area contributed by atoms with E-state index >= 15 is 0 Å². The van der Waals surface area contributed by atoms with Crippen LogP contribution in [-0.4, -0.2) is 81.9 Å². The molecule has 0 fully saturated rings. The quantitative estimate of drug-likeness (QED) is 0.0954. The fraction of sp³-hybridized carbons (Fsp3) is 0.310. The zero-order valence-corrected chi connectivity index (χ0v) is 33.2. The summed E-state index contributed by atoms with van der Waals surface area (Å²) in [6.45, 7) is 0.917. The van der Waals surface area contributed by atoms with E-state index < -0.39 is 35.9 Å². The lowest BCUT2D eigenvalue weighted by Crippen LogP contribution is -2.57. The third-order valence-electron chi connectivity index (χ3n) is 10.2. The van der Waals surface area contributed by atoms with Crippen molar-refractivity contribution in [2.45, 2.75) is 73.2 Å². The van der Waals surface area contributed by atoms with Crippen LogP contribution in [0.25, 0.3) is 22.0 Å². The van der Waals surface area contributed by atoms with Crippen LogP contribution < -0.4 is 27.4 Å². The lowest BCUT2D eigenvalue weighted by atomic mass is 9.98. The Hall–Kier alpha value is -5.25. The molecule has 3 amide bonds. The highest BCUT2D eigenvalue weighted by Gasteiger charge is 2.34. The number of aromatic carboxylic acids is 1. The monoisotopic (exact) mass is 810 g/mol. The van der Waals surface area contributed by atoms with Gasteiger partial charge in [-0.15, -0.1) is 0 Å². The van der Waals surface area contributed by atoms with Crippen LogP contribution in [-0.2, 0) is 33.9 Å². The van der Waals surface area contributed by atoms with E-state index in [4.69, 9.17) is 28.1 Å². The second-order valence-electron chi connectivity index (χ2n) is 14.0. The summed E-state index contributed by atoms with van der Waals surface area (Å²) in [5, 5.41) is 21.0. The molecule has 0 saturated heterocycles. The van der Waals surface area contributed by atoms with Gasteiger partial charge in [-0.2, -0.15) is 0 Å². The molecule has 15 heteroatoms. The third kappa shape index (κ3) is 9.83. The average molecular weight is 811 g/mol. The van der Waals surface area contributed by atoms with Gasteiger partial charge >= 0.3 is 5.97 Å². The molecule has 298 valence electrons. The Morgan fingerprint density at radius 2 is 1.72 bits per heavy atom. The number of nitrogens with two attached hydrogens (primary N) is 2. The fourth-order valence-electron chi connectivity index (χ4n) is 7.05. The minimum atomic E-state index is -1.05. The number of nitrogens with one attached hydrogen (secondary N) is 4. The number of unbranched alkanes of at least 4 members (excludes halogenated alkanes) is 1. The number of likely N-dealkylation sites (N-methyl/N-ethyl adjacent to an activating group) is 1. The number of halogens is 1. The molecule has 13 nitrogen and oxygen atoms in total. The molecule has 9 N–H and O–H groups in total. The number of aromatic amines is 1. The zero-order valence-electron chi connectivity index (χ0n) is 31.6. The number of benzene rings is 3. The number of para-hydroxylation sites is 1. The predicted molar refractivity (Wildman–Crippen MR) is 222 cm³/mol. The number of aromatic nitrogens is 2. The van der Waals surface area contributed by atoms with Crippen LogP contribution >= 0.6 is 23.4 Å². The molecular formula is C42H47ClN8O5S. The highest BCUT2D eigenvalue weighted by molar-refractivity contribution is 7.99. The molecule has 0 spiro atoms. The molecule has 1 aliphatic rings. The van der Waals surface area contributed by atoms with E-state index in [1.807, 2.05) is 42.6 Å². The number of hydrogen-bond acceptors (Lipinski definition) is 9. The number of pyridine rings is 1. The van der Waals surface area contributed by atoms with Crippen molar-refractivity contribution in [2.75, 3.05) is 20.1 Å². The highest BCUT2D eigenvalue weighted by atomic mass is 35.5. The van der Waals surface area contributed by atoms with Gasteiger partial charge in [-0.05, 0) is 96.9 Å². The molecule has 57 heavy (non-hydrogen) atoms. The number of hydrogen-bond donors (Lipinski definition) is 7. The van der Waals surface area contributed by atoms with Gasteiger partial charge in [-0.3, -0.25) is 14.4 Å². The largest absolute Gasteiger partial charge is 0.478 e. The van der Waals surface area contributed by atoms with Gasteiger partial charge in [0.25, 0.3) is 0 Å². The van der Waals surface area contributed by atoms with Gasteiger partial charge in [0, 0.05) is 54.8 Å². The minimum Gasteiger partial charge on any atom is -0.478 e. The molecule has 0 saturated carbocycles. The lowest BCUT2D eigenvalue weighted by Gasteiger charge is -2.32. The summed E-state index contributed by atoms with van der Waals surface area (Å²) in [5.74, 6) is -2.26. The molecule has 0 aliphatic carbocycles. The summed E-state index contributed by atoms with van der Waals surface area (Å²) >= 11 is 8.31. The minimum absolute atomic E-state index is 0.0137. The maximum Gasteiger partial charge on any atom is 0.335 e. The first kappa shape index (κ1) is 41.4. The van der Waals surface area contributed by atoms with Crippen LogP contribution in [0.3, 0.4) is 0 Å². The number of amides is 3. The van der Waals surface area contributed by atoms with E-state index in [0.717, 1.165) is 27.6 Å². The number of carboxylic acid groups (broad SMARTS) is 1. The maximum atomic E-state index is 14.6. The Morgan fingerprint density at radius 3 is 2.47 bits per heavy atom. The Morgan fingerprint density at radius 1 is 0.930 bits per heavy atom. The molecule has 1 aliphatic heterocycles. The van der Waals surface area contributed by atoms with Crippen LogP contribution in [0.5, 0.6) is 0 Å². The number of carboxylic acids is 1. The molecule has 5 aromatic rings. The van der Waals surface area contributed by atoms with Crippen molar-refractivity contribution in [1.82, 2.24) is 30.8 Å². The van der Waals surface area contributed by atoms with E-state index in [1.54, 1.807) is 37.5 Å².